The van der Waals surface area contributed by atoms with Crippen LogP contribution in [0.3, 0.4) is 0 Å². The summed E-state index contributed by atoms with van der Waals surface area (Å²) in [7, 11) is 1.61. The maximum absolute atomic E-state index is 13.5. The van der Waals surface area contributed by atoms with Crippen molar-refractivity contribution in [2.45, 2.75) is 58.7 Å². The van der Waals surface area contributed by atoms with Gasteiger partial charge in [-0.3, -0.25) is 14.4 Å². The fourth-order valence-electron chi connectivity index (χ4n) is 4.71. The highest BCUT2D eigenvalue weighted by Gasteiger charge is 2.30. The number of rotatable bonds is 11. The molecule has 0 saturated carbocycles. The highest BCUT2D eigenvalue weighted by molar-refractivity contribution is 6.25. The van der Waals surface area contributed by atoms with Gasteiger partial charge in [-0.05, 0) is 61.9 Å². The lowest BCUT2D eigenvalue weighted by Crippen LogP contribution is -2.49. The molecule has 0 bridgehead atoms. The first-order valence-corrected chi connectivity index (χ1v) is 12.9. The Bertz CT molecular complexity index is 1280. The van der Waals surface area contributed by atoms with Crippen LogP contribution in [0.1, 0.15) is 56.0 Å². The van der Waals surface area contributed by atoms with Crippen molar-refractivity contribution in [2.75, 3.05) is 18.6 Å². The highest BCUT2D eigenvalue weighted by Crippen LogP contribution is 2.37. The van der Waals surface area contributed by atoms with E-state index in [1.165, 1.54) is 0 Å². The second-order valence-electron chi connectivity index (χ2n) is 9.60. The van der Waals surface area contributed by atoms with Gasteiger partial charge < -0.3 is 19.9 Å². The zero-order valence-corrected chi connectivity index (χ0v) is 22.0. The molecule has 1 heterocycles. The van der Waals surface area contributed by atoms with Crippen LogP contribution in [0.25, 0.3) is 10.8 Å². The topological polar surface area (TPSA) is 79.0 Å². The summed E-state index contributed by atoms with van der Waals surface area (Å²) >= 11 is 0. The Hall–Kier alpha value is -3.87. The molecular formula is C30H35N3O4. The van der Waals surface area contributed by atoms with Gasteiger partial charge in [-0.2, -0.15) is 0 Å². The molecule has 4 rings (SSSR count). The predicted octanol–water partition coefficient (Wildman–Crippen LogP) is 4.92. The molecule has 2 atom stereocenters. The van der Waals surface area contributed by atoms with E-state index in [0.29, 0.717) is 25.1 Å². The van der Waals surface area contributed by atoms with Crippen LogP contribution in [0.2, 0.25) is 0 Å². The molecule has 0 saturated heterocycles. The van der Waals surface area contributed by atoms with E-state index in [-0.39, 0.29) is 30.2 Å². The Labute approximate surface area is 218 Å². The Kier molecular flexibility index (Phi) is 8.11. The zero-order valence-electron chi connectivity index (χ0n) is 22.0. The van der Waals surface area contributed by atoms with Crippen molar-refractivity contribution in [1.82, 2.24) is 10.2 Å². The molecule has 0 radical (unpaired) electrons. The Balaban J connectivity index is 1.46. The van der Waals surface area contributed by atoms with Gasteiger partial charge in [-0.15, -0.1) is 0 Å². The van der Waals surface area contributed by atoms with Crippen LogP contribution in [0.15, 0.2) is 60.7 Å². The third-order valence-corrected chi connectivity index (χ3v) is 7.10. The zero-order chi connectivity index (χ0) is 26.5. The summed E-state index contributed by atoms with van der Waals surface area (Å²) in [4.78, 5) is 42.8. The van der Waals surface area contributed by atoms with Gasteiger partial charge >= 0.3 is 0 Å². The molecule has 1 aliphatic rings. The number of nitrogens with zero attached hydrogens (tertiary/aromatic N) is 2. The quantitative estimate of drug-likeness (QED) is 0.405. The minimum atomic E-state index is -0.630. The second kappa shape index (κ2) is 11.5. The normalized spacial score (nSPS) is 13.9. The van der Waals surface area contributed by atoms with Gasteiger partial charge in [-0.25, -0.2) is 0 Å². The molecule has 7 heteroatoms. The van der Waals surface area contributed by atoms with Crippen molar-refractivity contribution >= 4 is 34.2 Å². The lowest BCUT2D eigenvalue weighted by Gasteiger charge is -2.30. The van der Waals surface area contributed by atoms with Crippen LogP contribution >= 0.6 is 0 Å². The van der Waals surface area contributed by atoms with Gasteiger partial charge in [0.05, 0.1) is 12.8 Å². The molecule has 3 aromatic carbocycles. The molecule has 1 aliphatic heterocycles. The van der Waals surface area contributed by atoms with Gasteiger partial charge in [0.15, 0.2) is 0 Å². The Morgan fingerprint density at radius 2 is 1.73 bits per heavy atom. The average Bonchev–Trinajstić information content (AvgIpc) is 3.19. The van der Waals surface area contributed by atoms with Crippen molar-refractivity contribution in [1.29, 1.82) is 0 Å². The monoisotopic (exact) mass is 501 g/mol. The van der Waals surface area contributed by atoms with Crippen LogP contribution in [0, 0.1) is 0 Å². The number of carbonyl (C=O) groups is 3. The molecule has 194 valence electrons. The van der Waals surface area contributed by atoms with Crippen LogP contribution in [0.5, 0.6) is 5.75 Å². The van der Waals surface area contributed by atoms with Crippen molar-refractivity contribution < 1.29 is 19.1 Å². The van der Waals surface area contributed by atoms with E-state index < -0.39 is 6.04 Å². The molecule has 0 unspecified atom stereocenters. The van der Waals surface area contributed by atoms with Crippen LogP contribution < -0.4 is 15.0 Å². The summed E-state index contributed by atoms with van der Waals surface area (Å²) in [6.07, 6.45) is 1.53. The SMILES string of the molecule is CC[C@@H](C)NC(=O)[C@@H](C)N(Cc1ccc(OC)cc1)C(=O)CCCN1C(=O)c2cccc3cccc1c23. The number of carbonyl (C=O) groups excluding carboxylic acids is 3. The molecule has 0 aliphatic carbocycles. The molecule has 0 spiro atoms. The number of anilines is 1. The van der Waals surface area contributed by atoms with Gasteiger partial charge in [0.1, 0.15) is 11.8 Å². The summed E-state index contributed by atoms with van der Waals surface area (Å²) in [5, 5.41) is 5.00. The number of hydrogen-bond donors (Lipinski definition) is 1. The minimum Gasteiger partial charge on any atom is -0.497 e. The molecule has 3 aromatic rings. The first-order chi connectivity index (χ1) is 17.8. The summed E-state index contributed by atoms with van der Waals surface area (Å²) in [6, 6.07) is 18.6. The predicted molar refractivity (Wildman–Crippen MR) is 146 cm³/mol. The number of methoxy groups -OCH3 is 1. The van der Waals surface area contributed by atoms with Gasteiger partial charge in [0, 0.05) is 36.5 Å². The van der Waals surface area contributed by atoms with Crippen LogP contribution in [-0.4, -0.2) is 48.4 Å². The molecule has 0 fully saturated rings. The number of nitrogens with one attached hydrogen (secondary N) is 1. The largest absolute Gasteiger partial charge is 0.497 e. The lowest BCUT2D eigenvalue weighted by atomic mass is 10.1. The fourth-order valence-corrected chi connectivity index (χ4v) is 4.71. The Morgan fingerprint density at radius 3 is 2.41 bits per heavy atom. The maximum atomic E-state index is 13.5. The van der Waals surface area contributed by atoms with E-state index in [4.69, 9.17) is 4.74 Å². The first kappa shape index (κ1) is 26.2. The molecule has 7 nitrogen and oxygen atoms in total. The van der Waals surface area contributed by atoms with Crippen LogP contribution in [-0.2, 0) is 16.1 Å². The fraction of sp³-hybridized carbons (Fsp3) is 0.367. The van der Waals surface area contributed by atoms with E-state index >= 15 is 0 Å². The van der Waals surface area contributed by atoms with E-state index in [0.717, 1.165) is 34.2 Å². The van der Waals surface area contributed by atoms with Crippen molar-refractivity contribution in [3.8, 4) is 5.75 Å². The Morgan fingerprint density at radius 1 is 1.03 bits per heavy atom. The van der Waals surface area contributed by atoms with E-state index in [9.17, 15) is 14.4 Å². The molecule has 3 amide bonds. The van der Waals surface area contributed by atoms with Crippen LogP contribution in [0.4, 0.5) is 5.69 Å². The first-order valence-electron chi connectivity index (χ1n) is 12.9. The van der Waals surface area contributed by atoms with Crippen molar-refractivity contribution in [2.24, 2.45) is 0 Å². The van der Waals surface area contributed by atoms with E-state index in [1.807, 2.05) is 74.5 Å². The third-order valence-electron chi connectivity index (χ3n) is 7.10. The molecule has 1 N–H and O–H groups in total. The molecular weight excluding hydrogens is 466 g/mol. The maximum Gasteiger partial charge on any atom is 0.258 e. The van der Waals surface area contributed by atoms with Crippen molar-refractivity contribution in [3.05, 3.63) is 71.8 Å². The number of ether oxygens (including phenoxy) is 1. The van der Waals surface area contributed by atoms with E-state index in [1.54, 1.807) is 23.8 Å². The molecule has 0 aromatic heterocycles. The van der Waals surface area contributed by atoms with Gasteiger partial charge in [0.25, 0.3) is 5.91 Å². The second-order valence-corrected chi connectivity index (χ2v) is 9.60. The summed E-state index contributed by atoms with van der Waals surface area (Å²) in [5.41, 5.74) is 2.51. The smallest absolute Gasteiger partial charge is 0.258 e. The number of hydrogen-bond acceptors (Lipinski definition) is 4. The highest BCUT2D eigenvalue weighted by atomic mass is 16.5. The molecule has 37 heavy (non-hydrogen) atoms. The standard InChI is InChI=1S/C30H35N3O4/c1-5-20(2)31-29(35)21(3)33(19-22-14-16-24(37-4)17-15-22)27(34)13-8-18-32-26-12-7-10-23-9-6-11-25(28(23)26)30(32)36/h6-7,9-12,14-17,20-21H,5,8,13,18-19H2,1-4H3,(H,31,35)/t20-,21-/m1/s1. The van der Waals surface area contributed by atoms with E-state index in [2.05, 4.69) is 5.32 Å². The minimum absolute atomic E-state index is 0.0263. The van der Waals surface area contributed by atoms with Gasteiger partial charge in [0.2, 0.25) is 11.8 Å². The van der Waals surface area contributed by atoms with Gasteiger partial charge in [-0.1, -0.05) is 43.3 Å². The summed E-state index contributed by atoms with van der Waals surface area (Å²) in [6.45, 7) is 6.47. The average molecular weight is 502 g/mol. The summed E-state index contributed by atoms with van der Waals surface area (Å²) < 4.78 is 5.24. The third kappa shape index (κ3) is 5.61. The number of amides is 3. The van der Waals surface area contributed by atoms with Crippen molar-refractivity contribution in [3.63, 3.8) is 0 Å². The number of benzene rings is 3. The summed E-state index contributed by atoms with van der Waals surface area (Å²) in [5.74, 6) is 0.407. The lowest BCUT2D eigenvalue weighted by molar-refractivity contribution is -0.140.